The molecule has 0 radical (unpaired) electrons. The zero-order valence-corrected chi connectivity index (χ0v) is 22.6. The van der Waals surface area contributed by atoms with Gasteiger partial charge in [0.25, 0.3) is 0 Å². The van der Waals surface area contributed by atoms with Gasteiger partial charge in [0.2, 0.25) is 5.91 Å². The van der Waals surface area contributed by atoms with Crippen LogP contribution in [0.4, 0.5) is 0 Å². The molecule has 37 heavy (non-hydrogen) atoms. The highest BCUT2D eigenvalue weighted by atomic mass is 16.2. The molecule has 2 aromatic rings. The molecule has 1 aliphatic heterocycles. The van der Waals surface area contributed by atoms with Gasteiger partial charge in [-0.3, -0.25) is 9.69 Å². The van der Waals surface area contributed by atoms with Gasteiger partial charge in [-0.25, -0.2) is 0 Å². The van der Waals surface area contributed by atoms with E-state index in [1.165, 1.54) is 24.0 Å². The van der Waals surface area contributed by atoms with Crippen LogP contribution in [0.2, 0.25) is 0 Å². The number of likely N-dealkylation sites (N-methyl/N-ethyl adjacent to an activating group) is 1. The maximum Gasteiger partial charge on any atom is 0.241 e. The lowest BCUT2D eigenvalue weighted by Crippen LogP contribution is -2.57. The molecule has 1 unspecified atom stereocenters. The van der Waals surface area contributed by atoms with E-state index in [2.05, 4.69) is 83.7 Å². The van der Waals surface area contributed by atoms with Crippen LogP contribution < -0.4 is 11.1 Å². The average molecular weight is 502 g/mol. The summed E-state index contributed by atoms with van der Waals surface area (Å²) in [5, 5.41) is 12.6. The molecular weight excluding hydrogens is 458 g/mol. The molecule has 1 saturated carbocycles. The van der Waals surface area contributed by atoms with Gasteiger partial charge in [0.15, 0.2) is 0 Å². The van der Waals surface area contributed by atoms with Crippen molar-refractivity contribution in [3.8, 4) is 17.2 Å². The standard InChI is InChI=1S/C31H43N5O/c1-3-4-24-13-15-31(33,16-14-24)30(37)34-29(22-32)21-25-5-9-27(10-6-25)28-11-7-26(8-12-28)23-36-19-17-35(2)18-20-36/h5-12,24,29H,3-4,13-21,23,33H2,1-2H3,(H,34,37). The summed E-state index contributed by atoms with van der Waals surface area (Å²) < 4.78 is 0. The van der Waals surface area contributed by atoms with Crippen LogP contribution in [0.3, 0.4) is 0 Å². The minimum atomic E-state index is -0.848. The third-order valence-corrected chi connectivity index (χ3v) is 8.29. The Morgan fingerprint density at radius 2 is 1.59 bits per heavy atom. The Morgan fingerprint density at radius 1 is 1.03 bits per heavy atom. The second kappa shape index (κ2) is 12.7. The predicted molar refractivity (Wildman–Crippen MR) is 150 cm³/mol. The molecule has 1 saturated heterocycles. The second-order valence-electron chi connectivity index (χ2n) is 11.2. The van der Waals surface area contributed by atoms with E-state index in [9.17, 15) is 10.1 Å². The van der Waals surface area contributed by atoms with E-state index in [0.717, 1.165) is 56.7 Å². The molecular formula is C31H43N5O. The number of rotatable bonds is 9. The number of nitrogens with two attached hydrogens (primary N) is 1. The third-order valence-electron chi connectivity index (χ3n) is 8.29. The molecule has 198 valence electrons. The lowest BCUT2D eigenvalue weighted by Gasteiger charge is -2.36. The first-order valence-electron chi connectivity index (χ1n) is 14.0. The summed E-state index contributed by atoms with van der Waals surface area (Å²) in [5.41, 5.74) is 10.3. The monoisotopic (exact) mass is 501 g/mol. The number of nitrogens with zero attached hydrogens (tertiary/aromatic N) is 3. The molecule has 3 N–H and O–H groups in total. The van der Waals surface area contributed by atoms with Gasteiger partial charge >= 0.3 is 0 Å². The minimum absolute atomic E-state index is 0.178. The molecule has 2 aromatic carbocycles. The molecule has 6 nitrogen and oxygen atoms in total. The molecule has 2 fully saturated rings. The van der Waals surface area contributed by atoms with Crippen molar-refractivity contribution in [3.05, 3.63) is 59.7 Å². The normalized spacial score (nSPS) is 23.8. The van der Waals surface area contributed by atoms with E-state index in [4.69, 9.17) is 5.73 Å². The van der Waals surface area contributed by atoms with Crippen LogP contribution in [-0.2, 0) is 17.8 Å². The highest BCUT2D eigenvalue weighted by Gasteiger charge is 2.38. The first kappa shape index (κ1) is 27.3. The van der Waals surface area contributed by atoms with Crippen molar-refractivity contribution >= 4 is 5.91 Å². The second-order valence-corrected chi connectivity index (χ2v) is 11.2. The van der Waals surface area contributed by atoms with E-state index >= 15 is 0 Å². The van der Waals surface area contributed by atoms with Gasteiger partial charge in [-0.1, -0.05) is 68.3 Å². The number of hydrogen-bond donors (Lipinski definition) is 2. The summed E-state index contributed by atoms with van der Waals surface area (Å²) in [5.74, 6) is 0.496. The molecule has 1 amide bonds. The molecule has 1 atom stereocenters. The molecule has 2 aliphatic rings. The Morgan fingerprint density at radius 3 is 2.14 bits per heavy atom. The van der Waals surface area contributed by atoms with Crippen LogP contribution in [0.25, 0.3) is 11.1 Å². The highest BCUT2D eigenvalue weighted by molar-refractivity contribution is 5.86. The van der Waals surface area contributed by atoms with Crippen LogP contribution >= 0.6 is 0 Å². The van der Waals surface area contributed by atoms with Gasteiger partial charge in [-0.05, 0) is 60.9 Å². The van der Waals surface area contributed by atoms with Crippen LogP contribution in [-0.4, -0.2) is 60.5 Å². The molecule has 0 aromatic heterocycles. The summed E-state index contributed by atoms with van der Waals surface area (Å²) in [6.07, 6.45) is 6.23. The SMILES string of the molecule is CCCC1CCC(N)(C(=O)NC(C#N)Cc2ccc(-c3ccc(CN4CCN(C)CC4)cc3)cc2)CC1. The Labute approximate surface area is 222 Å². The van der Waals surface area contributed by atoms with E-state index in [1.807, 2.05) is 0 Å². The molecule has 4 rings (SSSR count). The van der Waals surface area contributed by atoms with Crippen molar-refractivity contribution in [2.45, 2.75) is 70.0 Å². The molecule has 1 heterocycles. The van der Waals surface area contributed by atoms with Gasteiger partial charge < -0.3 is 16.0 Å². The Hall–Kier alpha value is -2.72. The maximum absolute atomic E-state index is 13.0. The van der Waals surface area contributed by atoms with Gasteiger partial charge in [0.1, 0.15) is 6.04 Å². The van der Waals surface area contributed by atoms with E-state index in [1.54, 1.807) is 0 Å². The summed E-state index contributed by atoms with van der Waals surface area (Å²) in [7, 11) is 2.18. The van der Waals surface area contributed by atoms with Crippen molar-refractivity contribution in [3.63, 3.8) is 0 Å². The van der Waals surface area contributed by atoms with Crippen molar-refractivity contribution in [1.29, 1.82) is 5.26 Å². The fourth-order valence-corrected chi connectivity index (χ4v) is 5.68. The predicted octanol–water partition coefficient (Wildman–Crippen LogP) is 4.34. The topological polar surface area (TPSA) is 85.4 Å². The van der Waals surface area contributed by atoms with Crippen LogP contribution in [0.1, 0.15) is 56.6 Å². The first-order chi connectivity index (χ1) is 17.9. The number of nitrogens with one attached hydrogen (secondary N) is 1. The van der Waals surface area contributed by atoms with Crippen LogP contribution in [0, 0.1) is 17.2 Å². The number of piperazine rings is 1. The average Bonchev–Trinajstić information content (AvgIpc) is 2.92. The fraction of sp³-hybridized carbons (Fsp3) is 0.548. The number of carbonyl (C=O) groups excluding carboxylic acids is 1. The Kier molecular flexibility index (Phi) is 9.37. The first-order valence-corrected chi connectivity index (χ1v) is 14.0. The van der Waals surface area contributed by atoms with Gasteiger partial charge in [-0.15, -0.1) is 0 Å². The molecule has 6 heteroatoms. The van der Waals surface area contributed by atoms with E-state index in [0.29, 0.717) is 25.2 Å². The number of amides is 1. The molecule has 1 aliphatic carbocycles. The summed E-state index contributed by atoms with van der Waals surface area (Å²) >= 11 is 0. The lowest BCUT2D eigenvalue weighted by molar-refractivity contribution is -0.128. The van der Waals surface area contributed by atoms with Crippen molar-refractivity contribution in [2.24, 2.45) is 11.7 Å². The van der Waals surface area contributed by atoms with Crippen molar-refractivity contribution in [1.82, 2.24) is 15.1 Å². The van der Waals surface area contributed by atoms with Crippen LogP contribution in [0.15, 0.2) is 48.5 Å². The summed E-state index contributed by atoms with van der Waals surface area (Å²) in [6.45, 7) is 7.70. The maximum atomic E-state index is 13.0. The van der Waals surface area contributed by atoms with Gasteiger partial charge in [0, 0.05) is 39.1 Å². The van der Waals surface area contributed by atoms with Crippen LogP contribution in [0.5, 0.6) is 0 Å². The summed E-state index contributed by atoms with van der Waals surface area (Å²) in [6, 6.07) is 18.8. The molecule has 0 bridgehead atoms. The Bertz CT molecular complexity index is 1040. The number of nitriles is 1. The quantitative estimate of drug-likeness (QED) is 0.534. The van der Waals surface area contributed by atoms with E-state index < -0.39 is 11.6 Å². The largest absolute Gasteiger partial charge is 0.338 e. The number of carbonyl (C=O) groups is 1. The van der Waals surface area contributed by atoms with Crippen molar-refractivity contribution < 1.29 is 4.79 Å². The van der Waals surface area contributed by atoms with Gasteiger partial charge in [0.05, 0.1) is 11.6 Å². The lowest BCUT2D eigenvalue weighted by atomic mass is 9.75. The zero-order chi connectivity index (χ0) is 26.3. The fourth-order valence-electron chi connectivity index (χ4n) is 5.68. The Balaban J connectivity index is 1.29. The third kappa shape index (κ3) is 7.41. The smallest absolute Gasteiger partial charge is 0.241 e. The number of benzene rings is 2. The zero-order valence-electron chi connectivity index (χ0n) is 22.6. The summed E-state index contributed by atoms with van der Waals surface area (Å²) in [4.78, 5) is 17.8. The molecule has 0 spiro atoms. The van der Waals surface area contributed by atoms with Crippen molar-refractivity contribution in [2.75, 3.05) is 33.2 Å². The highest BCUT2D eigenvalue weighted by Crippen LogP contribution is 2.33. The van der Waals surface area contributed by atoms with Gasteiger partial charge in [-0.2, -0.15) is 5.26 Å². The minimum Gasteiger partial charge on any atom is -0.338 e. The number of hydrogen-bond acceptors (Lipinski definition) is 5. The van der Waals surface area contributed by atoms with E-state index in [-0.39, 0.29) is 5.91 Å².